The molecule has 1 heteroatoms. The second-order valence-corrected chi connectivity index (χ2v) is 5.21. The number of nitrogens with two attached hydrogens (primary N) is 1. The highest BCUT2D eigenvalue weighted by Gasteiger charge is 2.11. The molecule has 0 radical (unpaired) electrons. The zero-order valence-electron chi connectivity index (χ0n) is 11.5. The molecule has 0 fully saturated rings. The lowest BCUT2D eigenvalue weighted by Gasteiger charge is -2.16. The molecule has 20 heavy (non-hydrogen) atoms. The van der Waals surface area contributed by atoms with Gasteiger partial charge in [-0.2, -0.15) is 0 Å². The second kappa shape index (κ2) is 5.48. The van der Waals surface area contributed by atoms with Gasteiger partial charge >= 0.3 is 0 Å². The standard InChI is InChI=1S/C19H19N/c1-2-3-12-19(20)18-13-14-8-4-5-9-15(14)16-10-6-7-11-17(16)18/h2,4-11,13,19H,1,3,12,20H2/t19-/m1/s1. The minimum atomic E-state index is 0.0579. The SMILES string of the molecule is C=CCC[C@@H](N)c1cc2ccccc2c2ccccc12. The highest BCUT2D eigenvalue weighted by molar-refractivity contribution is 6.09. The van der Waals surface area contributed by atoms with Crippen molar-refractivity contribution >= 4 is 21.5 Å². The predicted molar refractivity (Wildman–Crippen MR) is 87.8 cm³/mol. The van der Waals surface area contributed by atoms with Gasteiger partial charge in [-0.15, -0.1) is 6.58 Å². The van der Waals surface area contributed by atoms with Gasteiger partial charge < -0.3 is 5.73 Å². The van der Waals surface area contributed by atoms with Crippen molar-refractivity contribution in [3.05, 3.63) is 72.8 Å². The largest absolute Gasteiger partial charge is 0.324 e. The summed E-state index contributed by atoms with van der Waals surface area (Å²) in [7, 11) is 0. The minimum absolute atomic E-state index is 0.0579. The molecule has 3 aromatic carbocycles. The molecule has 0 aliphatic rings. The van der Waals surface area contributed by atoms with Crippen LogP contribution < -0.4 is 5.73 Å². The van der Waals surface area contributed by atoms with Crippen LogP contribution >= 0.6 is 0 Å². The molecule has 0 aliphatic carbocycles. The lowest BCUT2D eigenvalue weighted by atomic mass is 9.92. The fourth-order valence-corrected chi connectivity index (χ4v) is 2.84. The van der Waals surface area contributed by atoms with Crippen molar-refractivity contribution in [2.75, 3.05) is 0 Å². The van der Waals surface area contributed by atoms with Crippen LogP contribution in [0.5, 0.6) is 0 Å². The molecule has 0 amide bonds. The first kappa shape index (κ1) is 12.9. The average molecular weight is 261 g/mol. The summed E-state index contributed by atoms with van der Waals surface area (Å²) in [6.45, 7) is 3.78. The molecular weight excluding hydrogens is 242 g/mol. The molecule has 0 aromatic heterocycles. The third kappa shape index (κ3) is 2.21. The molecule has 0 heterocycles. The van der Waals surface area contributed by atoms with Crippen molar-refractivity contribution in [3.8, 4) is 0 Å². The summed E-state index contributed by atoms with van der Waals surface area (Å²) >= 11 is 0. The molecule has 0 aliphatic heterocycles. The van der Waals surface area contributed by atoms with E-state index in [0.717, 1.165) is 12.8 Å². The number of allylic oxidation sites excluding steroid dienone is 1. The molecule has 0 saturated heterocycles. The molecule has 1 nitrogen and oxygen atoms in total. The lowest BCUT2D eigenvalue weighted by molar-refractivity contribution is 0.667. The molecule has 0 saturated carbocycles. The van der Waals surface area contributed by atoms with Crippen molar-refractivity contribution in [1.29, 1.82) is 0 Å². The van der Waals surface area contributed by atoms with E-state index in [9.17, 15) is 0 Å². The molecule has 1 atom stereocenters. The Labute approximate surface area is 119 Å². The summed E-state index contributed by atoms with van der Waals surface area (Å²) in [6, 6.07) is 19.3. The highest BCUT2D eigenvalue weighted by atomic mass is 14.6. The zero-order valence-corrected chi connectivity index (χ0v) is 11.5. The summed E-state index contributed by atoms with van der Waals surface area (Å²) < 4.78 is 0. The van der Waals surface area contributed by atoms with Crippen LogP contribution in [0.1, 0.15) is 24.4 Å². The Morgan fingerprint density at radius 1 is 0.950 bits per heavy atom. The Balaban J connectivity index is 2.26. The van der Waals surface area contributed by atoms with Crippen LogP contribution in [0.3, 0.4) is 0 Å². The second-order valence-electron chi connectivity index (χ2n) is 5.21. The van der Waals surface area contributed by atoms with Gasteiger partial charge in [0.25, 0.3) is 0 Å². The van der Waals surface area contributed by atoms with E-state index in [0.29, 0.717) is 0 Å². The van der Waals surface area contributed by atoms with Crippen LogP contribution in [0.2, 0.25) is 0 Å². The first-order valence-corrected chi connectivity index (χ1v) is 7.08. The molecule has 100 valence electrons. The van der Waals surface area contributed by atoms with E-state index < -0.39 is 0 Å². The molecule has 3 rings (SSSR count). The third-order valence-corrected chi connectivity index (χ3v) is 3.88. The maximum absolute atomic E-state index is 6.39. The van der Waals surface area contributed by atoms with E-state index in [1.54, 1.807) is 0 Å². The van der Waals surface area contributed by atoms with Crippen molar-refractivity contribution in [2.45, 2.75) is 18.9 Å². The van der Waals surface area contributed by atoms with Crippen LogP contribution in [0.25, 0.3) is 21.5 Å². The Morgan fingerprint density at radius 3 is 2.35 bits per heavy atom. The number of rotatable bonds is 4. The van der Waals surface area contributed by atoms with Crippen LogP contribution in [0.15, 0.2) is 67.3 Å². The quantitative estimate of drug-likeness (QED) is 0.521. The van der Waals surface area contributed by atoms with Gasteiger partial charge in [-0.25, -0.2) is 0 Å². The molecule has 3 aromatic rings. The van der Waals surface area contributed by atoms with Gasteiger partial charge in [-0.3, -0.25) is 0 Å². The van der Waals surface area contributed by atoms with Gasteiger partial charge in [0, 0.05) is 6.04 Å². The van der Waals surface area contributed by atoms with Gasteiger partial charge in [-0.1, -0.05) is 54.6 Å². The van der Waals surface area contributed by atoms with E-state index in [1.165, 1.54) is 27.1 Å². The minimum Gasteiger partial charge on any atom is -0.324 e. The van der Waals surface area contributed by atoms with Crippen molar-refractivity contribution in [3.63, 3.8) is 0 Å². The Morgan fingerprint density at radius 2 is 1.60 bits per heavy atom. The van der Waals surface area contributed by atoms with Gasteiger partial charge in [0.2, 0.25) is 0 Å². The van der Waals surface area contributed by atoms with E-state index in [2.05, 4.69) is 61.2 Å². The van der Waals surface area contributed by atoms with Crippen molar-refractivity contribution < 1.29 is 0 Å². The summed E-state index contributed by atoms with van der Waals surface area (Å²) in [4.78, 5) is 0. The van der Waals surface area contributed by atoms with Gasteiger partial charge in [0.15, 0.2) is 0 Å². The topological polar surface area (TPSA) is 26.0 Å². The van der Waals surface area contributed by atoms with Gasteiger partial charge in [-0.05, 0) is 46.0 Å². The lowest BCUT2D eigenvalue weighted by Crippen LogP contribution is -2.10. The molecule has 0 bridgehead atoms. The fraction of sp³-hybridized carbons (Fsp3) is 0.158. The average Bonchev–Trinajstić information content (AvgIpc) is 2.52. The van der Waals surface area contributed by atoms with Gasteiger partial charge in [0.1, 0.15) is 0 Å². The van der Waals surface area contributed by atoms with E-state index >= 15 is 0 Å². The Hall–Kier alpha value is -2.12. The third-order valence-electron chi connectivity index (χ3n) is 3.88. The van der Waals surface area contributed by atoms with E-state index in [-0.39, 0.29) is 6.04 Å². The highest BCUT2D eigenvalue weighted by Crippen LogP contribution is 2.32. The maximum atomic E-state index is 6.39. The summed E-state index contributed by atoms with van der Waals surface area (Å²) in [6.07, 6.45) is 3.82. The molecule has 2 N–H and O–H groups in total. The molecule has 0 unspecified atom stereocenters. The number of fused-ring (bicyclic) bond motifs is 3. The Kier molecular flexibility index (Phi) is 3.53. The number of hydrogen-bond acceptors (Lipinski definition) is 1. The predicted octanol–water partition coefficient (Wildman–Crippen LogP) is 4.96. The van der Waals surface area contributed by atoms with E-state index in [1.807, 2.05) is 6.08 Å². The molecule has 0 spiro atoms. The Bertz CT molecular complexity index is 758. The summed E-state index contributed by atoms with van der Waals surface area (Å²) in [5.41, 5.74) is 7.63. The summed E-state index contributed by atoms with van der Waals surface area (Å²) in [5.74, 6) is 0. The van der Waals surface area contributed by atoms with Crippen molar-refractivity contribution in [1.82, 2.24) is 0 Å². The van der Waals surface area contributed by atoms with E-state index in [4.69, 9.17) is 5.73 Å². The monoisotopic (exact) mass is 261 g/mol. The first-order chi connectivity index (χ1) is 9.81. The van der Waals surface area contributed by atoms with Gasteiger partial charge in [0.05, 0.1) is 0 Å². The number of benzene rings is 3. The van der Waals surface area contributed by atoms with Crippen LogP contribution in [0.4, 0.5) is 0 Å². The normalized spacial score (nSPS) is 12.7. The van der Waals surface area contributed by atoms with Crippen LogP contribution in [-0.2, 0) is 0 Å². The van der Waals surface area contributed by atoms with Crippen LogP contribution in [-0.4, -0.2) is 0 Å². The van der Waals surface area contributed by atoms with Crippen LogP contribution in [0, 0.1) is 0 Å². The summed E-state index contributed by atoms with van der Waals surface area (Å²) in [5, 5.41) is 5.11. The smallest absolute Gasteiger partial charge is 0.0304 e. The molecular formula is C19H19N. The first-order valence-electron chi connectivity index (χ1n) is 7.08. The maximum Gasteiger partial charge on any atom is 0.0304 e. The van der Waals surface area contributed by atoms with Crippen molar-refractivity contribution in [2.24, 2.45) is 5.73 Å². The fourth-order valence-electron chi connectivity index (χ4n) is 2.84. The number of hydrogen-bond donors (Lipinski definition) is 1. The zero-order chi connectivity index (χ0) is 13.9.